The first-order chi connectivity index (χ1) is 11.8. The number of hydrogen-bond acceptors (Lipinski definition) is 2. The summed E-state index contributed by atoms with van der Waals surface area (Å²) in [5, 5.41) is 3.75. The van der Waals surface area contributed by atoms with Crippen molar-refractivity contribution < 1.29 is 9.59 Å². The molecule has 0 aliphatic heterocycles. The minimum atomic E-state index is -0.191. The summed E-state index contributed by atoms with van der Waals surface area (Å²) in [6.45, 7) is 5.62. The van der Waals surface area contributed by atoms with Crippen molar-refractivity contribution in [1.82, 2.24) is 0 Å². The topological polar surface area (TPSA) is 49.4 Å². The fourth-order valence-corrected chi connectivity index (χ4v) is 2.97. The zero-order valence-corrected chi connectivity index (χ0v) is 15.9. The number of carbonyl (C=O) groups is 2. The van der Waals surface area contributed by atoms with Gasteiger partial charge in [-0.3, -0.25) is 9.59 Å². The molecule has 0 fully saturated rings. The molecule has 2 amide bonds. The predicted molar refractivity (Wildman–Crippen MR) is 104 cm³/mol. The first-order valence-corrected chi connectivity index (χ1v) is 8.64. The number of amides is 2. The predicted octanol–water partition coefficient (Wildman–Crippen LogP) is 4.99. The molecular weight excluding hydrogens is 359 g/mol. The van der Waals surface area contributed by atoms with E-state index < -0.39 is 0 Å². The Balaban J connectivity index is 2.07. The maximum absolute atomic E-state index is 12.3. The lowest BCUT2D eigenvalue weighted by molar-refractivity contribution is -0.117. The van der Waals surface area contributed by atoms with Crippen LogP contribution in [0.4, 0.5) is 11.4 Å². The van der Waals surface area contributed by atoms with E-state index in [-0.39, 0.29) is 24.8 Å². The van der Waals surface area contributed by atoms with Gasteiger partial charge < -0.3 is 10.2 Å². The van der Waals surface area contributed by atoms with Gasteiger partial charge in [0.2, 0.25) is 11.8 Å². The van der Waals surface area contributed by atoms with E-state index in [4.69, 9.17) is 23.2 Å². The lowest BCUT2D eigenvalue weighted by Gasteiger charge is -2.22. The molecule has 0 spiro atoms. The zero-order chi connectivity index (χ0) is 18.6. The van der Waals surface area contributed by atoms with Gasteiger partial charge in [-0.1, -0.05) is 35.3 Å². The number of halogens is 2. The van der Waals surface area contributed by atoms with Crippen molar-refractivity contribution in [3.8, 4) is 0 Å². The average Bonchev–Trinajstić information content (AvgIpc) is 2.53. The summed E-state index contributed by atoms with van der Waals surface area (Å²) in [6, 6.07) is 10.7. The Hall–Kier alpha value is -2.04. The molecular formula is C19H20Cl2N2O2. The van der Waals surface area contributed by atoms with Crippen LogP contribution in [0.5, 0.6) is 0 Å². The van der Waals surface area contributed by atoms with Gasteiger partial charge in [-0.05, 0) is 49.2 Å². The first kappa shape index (κ1) is 19.3. The van der Waals surface area contributed by atoms with Crippen LogP contribution < -0.4 is 10.2 Å². The lowest BCUT2D eigenvalue weighted by atomic mass is 10.1. The van der Waals surface area contributed by atoms with Crippen molar-refractivity contribution in [2.75, 3.05) is 16.8 Å². The average molecular weight is 379 g/mol. The third kappa shape index (κ3) is 4.97. The molecule has 0 heterocycles. The minimum absolute atomic E-state index is 0.159. The van der Waals surface area contributed by atoms with Gasteiger partial charge in [0, 0.05) is 30.6 Å². The summed E-state index contributed by atoms with van der Waals surface area (Å²) < 4.78 is 0. The van der Waals surface area contributed by atoms with E-state index in [1.165, 1.54) is 11.8 Å². The zero-order valence-electron chi connectivity index (χ0n) is 14.4. The van der Waals surface area contributed by atoms with Crippen LogP contribution in [-0.4, -0.2) is 18.4 Å². The van der Waals surface area contributed by atoms with Crippen molar-refractivity contribution in [1.29, 1.82) is 0 Å². The van der Waals surface area contributed by atoms with Gasteiger partial charge >= 0.3 is 0 Å². The Morgan fingerprint density at radius 2 is 1.84 bits per heavy atom. The smallest absolute Gasteiger partial charge is 0.226 e. The van der Waals surface area contributed by atoms with Crippen LogP contribution in [0.3, 0.4) is 0 Å². The lowest BCUT2D eigenvalue weighted by Crippen LogP contribution is -2.32. The maximum Gasteiger partial charge on any atom is 0.226 e. The number of carbonyl (C=O) groups excluding carboxylic acids is 2. The number of aryl methyl sites for hydroxylation is 1. The second kappa shape index (κ2) is 8.37. The number of rotatable bonds is 5. The molecule has 0 bridgehead atoms. The molecule has 6 heteroatoms. The van der Waals surface area contributed by atoms with Crippen molar-refractivity contribution in [2.45, 2.75) is 27.2 Å². The number of hydrogen-bond donors (Lipinski definition) is 1. The fraction of sp³-hybridized carbons (Fsp3) is 0.263. The highest BCUT2D eigenvalue weighted by atomic mass is 35.5. The molecule has 0 unspecified atom stereocenters. The minimum Gasteiger partial charge on any atom is -0.326 e. The molecule has 0 aliphatic rings. The standard InChI is InChI=1S/C19H20Cl2N2O2/c1-12-5-4-6-17(13(12)2)22-19(25)9-10-23(14(3)24)18-8-7-15(20)11-16(18)21/h4-8,11H,9-10H2,1-3H3,(H,22,25). The van der Waals surface area contributed by atoms with E-state index in [1.807, 2.05) is 32.0 Å². The summed E-state index contributed by atoms with van der Waals surface area (Å²) >= 11 is 12.1. The number of nitrogens with zero attached hydrogens (tertiary/aromatic N) is 1. The van der Waals surface area contributed by atoms with Gasteiger partial charge in [0.1, 0.15) is 0 Å². The fourth-order valence-electron chi connectivity index (χ4n) is 2.46. The molecule has 25 heavy (non-hydrogen) atoms. The van der Waals surface area contributed by atoms with Crippen molar-refractivity contribution >= 4 is 46.4 Å². The SMILES string of the molecule is CC(=O)N(CCC(=O)Nc1cccc(C)c1C)c1ccc(Cl)cc1Cl. The van der Waals surface area contributed by atoms with Crippen LogP contribution >= 0.6 is 23.2 Å². The second-order valence-electron chi connectivity index (χ2n) is 5.81. The van der Waals surface area contributed by atoms with Crippen LogP contribution in [0, 0.1) is 13.8 Å². The van der Waals surface area contributed by atoms with Crippen LogP contribution in [0.1, 0.15) is 24.5 Å². The number of anilines is 2. The molecule has 0 atom stereocenters. The largest absolute Gasteiger partial charge is 0.326 e. The Labute approximate surface area is 157 Å². The Kier molecular flexibility index (Phi) is 6.45. The van der Waals surface area contributed by atoms with E-state index in [1.54, 1.807) is 18.2 Å². The molecule has 132 valence electrons. The Morgan fingerprint density at radius 3 is 2.48 bits per heavy atom. The summed E-state index contributed by atoms with van der Waals surface area (Å²) in [6.07, 6.45) is 0.159. The second-order valence-corrected chi connectivity index (χ2v) is 6.66. The third-order valence-electron chi connectivity index (χ3n) is 4.02. The third-order valence-corrected chi connectivity index (χ3v) is 4.56. The van der Waals surface area contributed by atoms with E-state index in [0.717, 1.165) is 16.8 Å². The molecule has 0 aromatic heterocycles. The molecule has 0 saturated heterocycles. The van der Waals surface area contributed by atoms with Crippen molar-refractivity contribution in [2.24, 2.45) is 0 Å². The highest BCUT2D eigenvalue weighted by molar-refractivity contribution is 6.36. The van der Waals surface area contributed by atoms with Crippen molar-refractivity contribution in [3.63, 3.8) is 0 Å². The molecule has 4 nitrogen and oxygen atoms in total. The number of benzene rings is 2. The van der Waals surface area contributed by atoms with Crippen LogP contribution in [0.15, 0.2) is 36.4 Å². The summed E-state index contributed by atoms with van der Waals surface area (Å²) in [5.41, 5.74) is 3.46. The van der Waals surface area contributed by atoms with Gasteiger partial charge in [0.25, 0.3) is 0 Å². The van der Waals surface area contributed by atoms with Gasteiger partial charge in [-0.2, -0.15) is 0 Å². The van der Waals surface area contributed by atoms with E-state index in [9.17, 15) is 9.59 Å². The highest BCUT2D eigenvalue weighted by Gasteiger charge is 2.17. The van der Waals surface area contributed by atoms with Crippen LogP contribution in [0.2, 0.25) is 10.0 Å². The first-order valence-electron chi connectivity index (χ1n) is 7.89. The maximum atomic E-state index is 12.3. The normalized spacial score (nSPS) is 10.4. The summed E-state index contributed by atoms with van der Waals surface area (Å²) in [4.78, 5) is 25.7. The molecule has 2 aromatic rings. The highest BCUT2D eigenvalue weighted by Crippen LogP contribution is 2.29. The molecule has 1 N–H and O–H groups in total. The van der Waals surface area contributed by atoms with Crippen LogP contribution in [-0.2, 0) is 9.59 Å². The molecule has 2 aromatic carbocycles. The quantitative estimate of drug-likeness (QED) is 0.796. The summed E-state index contributed by atoms with van der Waals surface area (Å²) in [5.74, 6) is -0.353. The molecule has 2 rings (SSSR count). The van der Waals surface area contributed by atoms with Crippen LogP contribution in [0.25, 0.3) is 0 Å². The van der Waals surface area contributed by atoms with Crippen molar-refractivity contribution in [3.05, 3.63) is 57.6 Å². The molecule has 0 aliphatic carbocycles. The van der Waals surface area contributed by atoms with Gasteiger partial charge in [0.15, 0.2) is 0 Å². The van der Waals surface area contributed by atoms with E-state index in [0.29, 0.717) is 15.7 Å². The van der Waals surface area contributed by atoms with E-state index >= 15 is 0 Å². The van der Waals surface area contributed by atoms with E-state index in [2.05, 4.69) is 5.32 Å². The summed E-state index contributed by atoms with van der Waals surface area (Å²) in [7, 11) is 0. The van der Waals surface area contributed by atoms with Gasteiger partial charge in [0.05, 0.1) is 10.7 Å². The van der Waals surface area contributed by atoms with Gasteiger partial charge in [-0.15, -0.1) is 0 Å². The number of nitrogens with one attached hydrogen (secondary N) is 1. The monoisotopic (exact) mass is 378 g/mol. The Morgan fingerprint density at radius 1 is 1.12 bits per heavy atom. The molecule has 0 saturated carbocycles. The Bertz CT molecular complexity index is 806. The van der Waals surface area contributed by atoms with Gasteiger partial charge in [-0.25, -0.2) is 0 Å². The molecule has 0 radical (unpaired) electrons.